The number of likely N-dealkylation sites (tertiary alicyclic amines) is 1. The molecule has 6 nitrogen and oxygen atoms in total. The summed E-state index contributed by atoms with van der Waals surface area (Å²) in [6, 6.07) is 15.5. The van der Waals surface area contributed by atoms with Gasteiger partial charge in [0.2, 0.25) is 5.91 Å². The summed E-state index contributed by atoms with van der Waals surface area (Å²) in [4.78, 5) is 32.0. The third-order valence-corrected chi connectivity index (χ3v) is 6.47. The predicted molar refractivity (Wildman–Crippen MR) is 108 cm³/mol. The van der Waals surface area contributed by atoms with Crippen molar-refractivity contribution in [3.05, 3.63) is 71.5 Å². The van der Waals surface area contributed by atoms with Crippen LogP contribution >= 0.6 is 0 Å². The summed E-state index contributed by atoms with van der Waals surface area (Å²) >= 11 is 0. The van der Waals surface area contributed by atoms with Gasteiger partial charge in [-0.3, -0.25) is 24.3 Å². The second-order valence-electron chi connectivity index (χ2n) is 8.58. The van der Waals surface area contributed by atoms with Crippen molar-refractivity contribution in [3.8, 4) is 0 Å². The number of carbonyl (C=O) groups excluding carboxylic acids is 2. The van der Waals surface area contributed by atoms with Crippen LogP contribution in [-0.4, -0.2) is 68.9 Å². The molecule has 2 unspecified atom stereocenters. The highest BCUT2D eigenvalue weighted by Gasteiger charge is 2.64. The van der Waals surface area contributed by atoms with E-state index in [1.807, 2.05) is 41.3 Å². The molecule has 2 atom stereocenters. The van der Waals surface area contributed by atoms with Crippen LogP contribution in [0.25, 0.3) is 0 Å². The Morgan fingerprint density at radius 2 is 1.73 bits per heavy atom. The molecule has 0 aromatic heterocycles. The summed E-state index contributed by atoms with van der Waals surface area (Å²) < 4.78 is 13.5. The lowest BCUT2D eigenvalue weighted by atomic mass is 9.82. The molecule has 2 aromatic rings. The van der Waals surface area contributed by atoms with E-state index >= 15 is 0 Å². The molecule has 0 bridgehead atoms. The molecular formula is C23H24FN3O3. The lowest BCUT2D eigenvalue weighted by Crippen LogP contribution is -2.81. The summed E-state index contributed by atoms with van der Waals surface area (Å²) in [5, 5.41) is 10.2. The van der Waals surface area contributed by atoms with Crippen LogP contribution in [0.15, 0.2) is 54.6 Å². The number of halogens is 1. The van der Waals surface area contributed by atoms with Gasteiger partial charge in [-0.25, -0.2) is 4.39 Å². The number of hydrogen-bond donors (Lipinski definition) is 1. The molecular weight excluding hydrogens is 385 g/mol. The number of nitrogens with zero attached hydrogens (tertiary/aromatic N) is 3. The normalized spacial score (nSPS) is 26.1. The van der Waals surface area contributed by atoms with Crippen molar-refractivity contribution in [1.29, 1.82) is 0 Å². The Morgan fingerprint density at radius 1 is 1.00 bits per heavy atom. The minimum atomic E-state index is -0.807. The molecule has 1 N–H and O–H groups in total. The van der Waals surface area contributed by atoms with Gasteiger partial charge in [0, 0.05) is 26.2 Å². The first-order valence-corrected chi connectivity index (χ1v) is 10.3. The number of carbonyl (C=O) groups is 2. The predicted octanol–water partition coefficient (Wildman–Crippen LogP) is 1.38. The van der Waals surface area contributed by atoms with Crippen LogP contribution in [-0.2, 0) is 22.7 Å². The van der Waals surface area contributed by atoms with Crippen LogP contribution in [0.1, 0.15) is 17.5 Å². The van der Waals surface area contributed by atoms with Crippen molar-refractivity contribution in [2.75, 3.05) is 19.6 Å². The van der Waals surface area contributed by atoms with Crippen LogP contribution in [0, 0.1) is 5.82 Å². The second-order valence-corrected chi connectivity index (χ2v) is 8.58. The maximum atomic E-state index is 13.5. The van der Waals surface area contributed by atoms with E-state index in [4.69, 9.17) is 0 Å². The molecule has 1 spiro atoms. The van der Waals surface area contributed by atoms with Crippen molar-refractivity contribution < 1.29 is 19.1 Å². The molecule has 3 heterocycles. The molecule has 2 aromatic carbocycles. The Kier molecular flexibility index (Phi) is 4.69. The van der Waals surface area contributed by atoms with Crippen LogP contribution in [0.2, 0.25) is 0 Å². The lowest BCUT2D eigenvalue weighted by Gasteiger charge is -2.58. The molecule has 0 aliphatic carbocycles. The summed E-state index contributed by atoms with van der Waals surface area (Å²) in [5.74, 6) is -0.703. The van der Waals surface area contributed by atoms with Gasteiger partial charge in [0.25, 0.3) is 5.91 Å². The number of aliphatic hydroxyl groups is 1. The Hall–Kier alpha value is -2.61. The van der Waals surface area contributed by atoms with Gasteiger partial charge in [-0.05, 0) is 29.7 Å². The fourth-order valence-electron chi connectivity index (χ4n) is 5.11. The molecule has 5 rings (SSSR count). The van der Waals surface area contributed by atoms with Gasteiger partial charge in [-0.2, -0.15) is 0 Å². The van der Waals surface area contributed by atoms with Crippen molar-refractivity contribution in [2.45, 2.75) is 37.2 Å². The number of hydrogen-bond acceptors (Lipinski definition) is 5. The van der Waals surface area contributed by atoms with E-state index in [1.54, 1.807) is 6.07 Å². The average Bonchev–Trinajstić information content (AvgIpc) is 3.10. The lowest BCUT2D eigenvalue weighted by molar-refractivity contribution is -0.181. The number of rotatable bonds is 4. The largest absolute Gasteiger partial charge is 0.392 e. The topological polar surface area (TPSA) is 64.1 Å². The van der Waals surface area contributed by atoms with Gasteiger partial charge in [0.1, 0.15) is 11.4 Å². The summed E-state index contributed by atoms with van der Waals surface area (Å²) in [5.41, 5.74) is 0.943. The monoisotopic (exact) mass is 409 g/mol. The number of amides is 2. The van der Waals surface area contributed by atoms with E-state index < -0.39 is 17.7 Å². The fraction of sp³-hybridized carbons (Fsp3) is 0.391. The molecule has 30 heavy (non-hydrogen) atoms. The Labute approximate surface area is 174 Å². The molecule has 156 valence electrons. The highest BCUT2D eigenvalue weighted by Crippen LogP contribution is 2.41. The van der Waals surface area contributed by atoms with Crippen LogP contribution in [0.3, 0.4) is 0 Å². The molecule has 2 amide bonds. The van der Waals surface area contributed by atoms with Crippen molar-refractivity contribution in [2.24, 2.45) is 0 Å². The SMILES string of the molecule is O=C1C2CC(O)CN2C2(CN(Cc3cccc(F)c3)C2)C(=O)N1Cc1ccccc1. The van der Waals surface area contributed by atoms with E-state index in [1.165, 1.54) is 17.0 Å². The zero-order chi connectivity index (χ0) is 20.9. The summed E-state index contributed by atoms with van der Waals surface area (Å²) in [6.45, 7) is 2.04. The van der Waals surface area contributed by atoms with E-state index in [9.17, 15) is 19.1 Å². The van der Waals surface area contributed by atoms with E-state index in [2.05, 4.69) is 4.90 Å². The Morgan fingerprint density at radius 3 is 2.47 bits per heavy atom. The first kappa shape index (κ1) is 19.4. The first-order chi connectivity index (χ1) is 14.5. The molecule has 0 radical (unpaired) electrons. The molecule has 3 aliphatic heterocycles. The average molecular weight is 409 g/mol. The zero-order valence-electron chi connectivity index (χ0n) is 16.6. The third-order valence-electron chi connectivity index (χ3n) is 6.47. The minimum Gasteiger partial charge on any atom is -0.392 e. The molecule has 0 saturated carbocycles. The second kappa shape index (κ2) is 7.27. The van der Waals surface area contributed by atoms with Crippen LogP contribution in [0.4, 0.5) is 4.39 Å². The highest BCUT2D eigenvalue weighted by molar-refractivity contribution is 6.06. The van der Waals surface area contributed by atoms with Crippen molar-refractivity contribution >= 4 is 11.8 Å². The minimum absolute atomic E-state index is 0.197. The fourth-order valence-corrected chi connectivity index (χ4v) is 5.11. The van der Waals surface area contributed by atoms with Crippen LogP contribution in [0.5, 0.6) is 0 Å². The maximum Gasteiger partial charge on any atom is 0.252 e. The number of β-amino-alcohol motifs (C(OH)–C–C–N with tert-alkyl or cyclic N) is 1. The number of benzene rings is 2. The van der Waals surface area contributed by atoms with Crippen molar-refractivity contribution in [1.82, 2.24) is 14.7 Å². The zero-order valence-corrected chi connectivity index (χ0v) is 16.6. The molecule has 3 saturated heterocycles. The van der Waals surface area contributed by atoms with Crippen molar-refractivity contribution in [3.63, 3.8) is 0 Å². The first-order valence-electron chi connectivity index (χ1n) is 10.3. The van der Waals surface area contributed by atoms with Gasteiger partial charge in [0.15, 0.2) is 0 Å². The van der Waals surface area contributed by atoms with E-state index in [-0.39, 0.29) is 24.2 Å². The van der Waals surface area contributed by atoms with E-state index in [0.29, 0.717) is 32.6 Å². The highest BCUT2D eigenvalue weighted by atomic mass is 19.1. The van der Waals surface area contributed by atoms with Gasteiger partial charge in [-0.15, -0.1) is 0 Å². The summed E-state index contributed by atoms with van der Waals surface area (Å²) in [7, 11) is 0. The molecule has 3 aliphatic rings. The van der Waals surface area contributed by atoms with Gasteiger partial charge < -0.3 is 5.11 Å². The number of piperazine rings is 1. The van der Waals surface area contributed by atoms with E-state index in [0.717, 1.165) is 11.1 Å². The standard InChI is InChI=1S/C23H24FN3O3/c24-18-8-4-7-17(9-18)11-25-14-23(15-25)22(30)26(12-16-5-2-1-3-6-16)21(29)20-10-19(28)13-27(20)23/h1-9,19-20,28H,10-15H2. The molecule has 3 fully saturated rings. The molecule has 7 heteroatoms. The third kappa shape index (κ3) is 3.14. The number of imide groups is 1. The Balaban J connectivity index is 1.39. The number of fused-ring (bicyclic) bond motifs is 2. The van der Waals surface area contributed by atoms with Gasteiger partial charge >= 0.3 is 0 Å². The Bertz CT molecular complexity index is 977. The van der Waals surface area contributed by atoms with Gasteiger partial charge in [-0.1, -0.05) is 42.5 Å². The summed E-state index contributed by atoms with van der Waals surface area (Å²) in [6.07, 6.45) is -0.263. The maximum absolute atomic E-state index is 13.5. The number of aliphatic hydroxyl groups excluding tert-OH is 1. The van der Waals surface area contributed by atoms with Crippen LogP contribution < -0.4 is 0 Å². The quantitative estimate of drug-likeness (QED) is 0.774. The van der Waals surface area contributed by atoms with Gasteiger partial charge in [0.05, 0.1) is 18.7 Å². The smallest absolute Gasteiger partial charge is 0.252 e.